The van der Waals surface area contributed by atoms with E-state index in [9.17, 15) is 14.7 Å². The third-order valence-corrected chi connectivity index (χ3v) is 6.65. The zero-order valence-electron chi connectivity index (χ0n) is 18.7. The van der Waals surface area contributed by atoms with Crippen molar-refractivity contribution in [1.29, 1.82) is 0 Å². The Bertz CT molecular complexity index is 1140. The lowest BCUT2D eigenvalue weighted by atomic mass is 9.87. The van der Waals surface area contributed by atoms with Crippen LogP contribution in [0.2, 0.25) is 0 Å². The molecular weight excluding hydrogens is 419 g/mol. The number of aliphatic hydroxyl groups is 1. The van der Waals surface area contributed by atoms with Crippen LogP contribution in [-0.2, 0) is 16.0 Å². The van der Waals surface area contributed by atoms with Crippen LogP contribution in [0, 0.1) is 6.92 Å². The van der Waals surface area contributed by atoms with E-state index in [0.717, 1.165) is 30.0 Å². The summed E-state index contributed by atoms with van der Waals surface area (Å²) in [5.41, 5.74) is 5.41. The van der Waals surface area contributed by atoms with Crippen LogP contribution >= 0.6 is 0 Å². The van der Waals surface area contributed by atoms with Crippen molar-refractivity contribution in [3.63, 3.8) is 0 Å². The van der Waals surface area contributed by atoms with Crippen molar-refractivity contribution in [2.75, 3.05) is 51.3 Å². The zero-order valence-corrected chi connectivity index (χ0v) is 18.7. The molecule has 3 aliphatic rings. The lowest BCUT2D eigenvalue weighted by molar-refractivity contribution is -0.110. The van der Waals surface area contributed by atoms with Crippen LogP contribution in [0.5, 0.6) is 0 Å². The number of hydrogen-bond donors (Lipinski definition) is 3. The molecule has 0 unspecified atom stereocenters. The number of aliphatic hydroxyl groups excluding tert-OH is 1. The maximum atomic E-state index is 13.3. The van der Waals surface area contributed by atoms with E-state index in [0.29, 0.717) is 67.1 Å². The van der Waals surface area contributed by atoms with Crippen molar-refractivity contribution in [1.82, 2.24) is 14.8 Å². The molecule has 1 aromatic carbocycles. The van der Waals surface area contributed by atoms with Crippen molar-refractivity contribution < 1.29 is 19.4 Å². The number of nitrogens with one attached hydrogen (secondary N) is 2. The first-order chi connectivity index (χ1) is 15.9. The van der Waals surface area contributed by atoms with Gasteiger partial charge in [0.25, 0.3) is 11.8 Å². The number of benzene rings is 1. The fraction of sp³-hybridized carbons (Fsp3) is 0.417. The molecular formula is C24H27BN4O4. The summed E-state index contributed by atoms with van der Waals surface area (Å²) in [6.07, 6.45) is 1.83. The number of hydrogen-bond acceptors (Lipinski definition) is 5. The molecule has 9 heteroatoms. The van der Waals surface area contributed by atoms with Gasteiger partial charge in [-0.1, -0.05) is 17.6 Å². The van der Waals surface area contributed by atoms with Crippen LogP contribution in [-0.4, -0.2) is 91.6 Å². The third-order valence-electron chi connectivity index (χ3n) is 6.65. The Morgan fingerprint density at radius 3 is 2.76 bits per heavy atom. The monoisotopic (exact) mass is 446 g/mol. The molecule has 2 radical (unpaired) electrons. The topological polar surface area (TPSA) is 97.9 Å². The quantitative estimate of drug-likeness (QED) is 0.454. The lowest BCUT2D eigenvalue weighted by Crippen LogP contribution is -2.47. The van der Waals surface area contributed by atoms with Crippen LogP contribution in [0.3, 0.4) is 0 Å². The van der Waals surface area contributed by atoms with Gasteiger partial charge in [-0.3, -0.25) is 14.5 Å². The first-order valence-corrected chi connectivity index (χ1v) is 11.3. The predicted molar refractivity (Wildman–Crippen MR) is 127 cm³/mol. The minimum absolute atomic E-state index is 0.0912. The second-order valence-corrected chi connectivity index (χ2v) is 8.87. The number of ether oxygens (including phenoxy) is 1. The number of H-pyrrole nitrogens is 1. The highest BCUT2D eigenvalue weighted by Crippen LogP contribution is 2.33. The Hall–Kier alpha value is -2.88. The SMILES string of the molecule is [B]c1cccc2c1/C(=C/c1[nH]c3c(c1C)C(=O)N(C[C@@H](O)CN1CCOCC1)CC3)C(=O)N2. The molecule has 3 N–H and O–H groups in total. The summed E-state index contributed by atoms with van der Waals surface area (Å²) < 4.78 is 5.36. The number of rotatable bonds is 5. The summed E-state index contributed by atoms with van der Waals surface area (Å²) in [5, 5.41) is 13.4. The van der Waals surface area contributed by atoms with Crippen molar-refractivity contribution >= 4 is 42.5 Å². The van der Waals surface area contributed by atoms with E-state index in [4.69, 9.17) is 12.6 Å². The summed E-state index contributed by atoms with van der Waals surface area (Å²) in [7, 11) is 6.13. The van der Waals surface area contributed by atoms with Gasteiger partial charge in [0.2, 0.25) is 0 Å². The van der Waals surface area contributed by atoms with Gasteiger partial charge in [-0.25, -0.2) is 0 Å². The smallest absolute Gasteiger partial charge is 0.256 e. The van der Waals surface area contributed by atoms with E-state index in [1.807, 2.05) is 13.0 Å². The summed E-state index contributed by atoms with van der Waals surface area (Å²) in [6.45, 7) is 6.19. The Balaban J connectivity index is 1.36. The van der Waals surface area contributed by atoms with Crippen LogP contribution < -0.4 is 10.8 Å². The maximum Gasteiger partial charge on any atom is 0.256 e. The number of carbonyl (C=O) groups excluding carboxylic acids is 2. The molecule has 1 fully saturated rings. The summed E-state index contributed by atoms with van der Waals surface area (Å²) in [4.78, 5) is 33.1. The normalized spacial score (nSPS) is 20.7. The van der Waals surface area contributed by atoms with Crippen molar-refractivity contribution in [2.45, 2.75) is 19.4 Å². The molecule has 1 saturated heterocycles. The summed E-state index contributed by atoms with van der Waals surface area (Å²) >= 11 is 0. The Labute approximate surface area is 194 Å². The molecule has 170 valence electrons. The van der Waals surface area contributed by atoms with Gasteiger partial charge in [0.15, 0.2) is 0 Å². The number of fused-ring (bicyclic) bond motifs is 2. The second kappa shape index (κ2) is 8.81. The van der Waals surface area contributed by atoms with E-state index in [1.54, 1.807) is 23.1 Å². The molecule has 4 heterocycles. The molecule has 5 rings (SSSR count). The first kappa shape index (κ1) is 21.9. The number of aromatic amines is 1. The molecule has 0 aliphatic carbocycles. The van der Waals surface area contributed by atoms with E-state index in [1.165, 1.54) is 0 Å². The fourth-order valence-corrected chi connectivity index (χ4v) is 4.94. The molecule has 0 spiro atoms. The molecule has 1 aromatic heterocycles. The van der Waals surface area contributed by atoms with Crippen molar-refractivity contribution in [3.8, 4) is 0 Å². The molecule has 2 amide bonds. The fourth-order valence-electron chi connectivity index (χ4n) is 4.94. The van der Waals surface area contributed by atoms with Gasteiger partial charge in [-0.05, 0) is 24.6 Å². The van der Waals surface area contributed by atoms with Gasteiger partial charge in [-0.2, -0.15) is 0 Å². The number of aromatic nitrogens is 1. The molecule has 0 saturated carbocycles. The Kier molecular flexibility index (Phi) is 5.86. The highest BCUT2D eigenvalue weighted by molar-refractivity contribution is 6.44. The number of carbonyl (C=O) groups is 2. The van der Waals surface area contributed by atoms with Gasteiger partial charge in [0, 0.05) is 61.8 Å². The second-order valence-electron chi connectivity index (χ2n) is 8.87. The van der Waals surface area contributed by atoms with E-state index >= 15 is 0 Å². The average molecular weight is 446 g/mol. The standard InChI is InChI=1S/C24H27BN4O4/c1-14-20(11-16-22-17(25)3-2-4-18(22)27-23(16)31)26-19-5-6-29(24(32)21(14)19)13-15(30)12-28-7-9-33-10-8-28/h2-4,11,15,26,30H,5-10,12-13H2,1H3,(H,27,31)/b16-11-/t15-/m0/s1. The van der Waals surface area contributed by atoms with E-state index in [-0.39, 0.29) is 11.8 Å². The van der Waals surface area contributed by atoms with Crippen molar-refractivity contribution in [3.05, 3.63) is 46.3 Å². The molecule has 1 atom stereocenters. The lowest BCUT2D eigenvalue weighted by Gasteiger charge is -2.32. The van der Waals surface area contributed by atoms with Crippen molar-refractivity contribution in [2.24, 2.45) is 0 Å². The first-order valence-electron chi connectivity index (χ1n) is 11.3. The minimum atomic E-state index is -0.615. The van der Waals surface area contributed by atoms with Crippen LogP contribution in [0.15, 0.2) is 18.2 Å². The van der Waals surface area contributed by atoms with E-state index in [2.05, 4.69) is 15.2 Å². The van der Waals surface area contributed by atoms with Crippen LogP contribution in [0.4, 0.5) is 5.69 Å². The van der Waals surface area contributed by atoms with Crippen LogP contribution in [0.25, 0.3) is 11.6 Å². The summed E-state index contributed by atoms with van der Waals surface area (Å²) in [5.74, 6) is -0.305. The maximum absolute atomic E-state index is 13.3. The van der Waals surface area contributed by atoms with Gasteiger partial charge in [0.1, 0.15) is 7.85 Å². The Morgan fingerprint density at radius 1 is 1.18 bits per heavy atom. The molecule has 33 heavy (non-hydrogen) atoms. The van der Waals surface area contributed by atoms with Gasteiger partial charge in [0.05, 0.1) is 30.5 Å². The highest BCUT2D eigenvalue weighted by Gasteiger charge is 2.32. The average Bonchev–Trinajstić information content (AvgIpc) is 3.28. The molecule has 3 aliphatic heterocycles. The number of nitrogens with zero attached hydrogens (tertiary/aromatic N) is 2. The Morgan fingerprint density at radius 2 is 1.97 bits per heavy atom. The molecule has 0 bridgehead atoms. The van der Waals surface area contributed by atoms with Gasteiger partial charge >= 0.3 is 0 Å². The molecule has 8 nitrogen and oxygen atoms in total. The van der Waals surface area contributed by atoms with E-state index < -0.39 is 6.10 Å². The molecule has 2 aromatic rings. The largest absolute Gasteiger partial charge is 0.390 e. The number of anilines is 1. The highest BCUT2D eigenvalue weighted by atomic mass is 16.5. The summed E-state index contributed by atoms with van der Waals surface area (Å²) in [6, 6.07) is 5.39. The third kappa shape index (κ3) is 4.12. The number of β-amino-alcohol motifs (C(OH)–C–C–N with tert-alkyl or cyclic N) is 1. The minimum Gasteiger partial charge on any atom is -0.390 e. The van der Waals surface area contributed by atoms with Gasteiger partial charge in [-0.15, -0.1) is 0 Å². The van der Waals surface area contributed by atoms with Gasteiger partial charge < -0.3 is 25.0 Å². The number of amides is 2. The zero-order chi connectivity index (χ0) is 23.1. The number of morpholine rings is 1. The predicted octanol–water partition coefficient (Wildman–Crippen LogP) is 0.301. The van der Waals surface area contributed by atoms with Crippen LogP contribution in [0.1, 0.15) is 32.9 Å².